The fraction of sp³-hybridized carbons (Fsp3) is 0.267. The van der Waals surface area contributed by atoms with Gasteiger partial charge < -0.3 is 15.7 Å². The molecular weight excluding hydrogens is 270 g/mol. The van der Waals surface area contributed by atoms with Crippen LogP contribution in [0.5, 0.6) is 0 Å². The van der Waals surface area contributed by atoms with Gasteiger partial charge in [0.05, 0.1) is 16.8 Å². The molecule has 110 valence electrons. The minimum atomic E-state index is -1.20. The third kappa shape index (κ3) is 2.40. The van der Waals surface area contributed by atoms with Crippen LogP contribution >= 0.6 is 0 Å². The van der Waals surface area contributed by atoms with Gasteiger partial charge in [0.2, 0.25) is 0 Å². The molecule has 0 saturated carbocycles. The topological polar surface area (TPSA) is 96.5 Å². The van der Waals surface area contributed by atoms with Gasteiger partial charge in [-0.15, -0.1) is 0 Å². The summed E-state index contributed by atoms with van der Waals surface area (Å²) < 4.78 is 0. The number of hydrogen-bond acceptors (Lipinski definition) is 4. The Bertz CT molecular complexity index is 725. The zero-order valence-corrected chi connectivity index (χ0v) is 12.1. The summed E-state index contributed by atoms with van der Waals surface area (Å²) in [4.78, 5) is 28.9. The molecule has 3 N–H and O–H groups in total. The predicted molar refractivity (Wildman–Crippen MR) is 80.4 cm³/mol. The van der Waals surface area contributed by atoms with Crippen molar-refractivity contribution in [2.75, 3.05) is 11.9 Å². The largest absolute Gasteiger partial charge is 0.480 e. The highest BCUT2D eigenvalue weighted by atomic mass is 16.4. The molecule has 1 amide bonds. The van der Waals surface area contributed by atoms with Crippen LogP contribution in [0.15, 0.2) is 30.5 Å². The normalized spacial score (nSPS) is 11.4. The zero-order valence-electron chi connectivity index (χ0n) is 12.1. The number of primary amides is 1. The average molecular weight is 287 g/mol. The number of para-hydroxylation sites is 1. The van der Waals surface area contributed by atoms with E-state index in [2.05, 4.69) is 4.98 Å². The number of fused-ring (bicyclic) bond motifs is 1. The van der Waals surface area contributed by atoms with Crippen molar-refractivity contribution < 1.29 is 14.7 Å². The predicted octanol–water partition coefficient (Wildman–Crippen LogP) is 1.63. The molecule has 0 atom stereocenters. The van der Waals surface area contributed by atoms with Crippen LogP contribution in [0.4, 0.5) is 5.69 Å². The molecule has 0 saturated heterocycles. The number of nitrogens with zero attached hydrogens (tertiary/aromatic N) is 2. The minimum Gasteiger partial charge on any atom is -0.480 e. The first-order valence-corrected chi connectivity index (χ1v) is 6.41. The summed E-state index contributed by atoms with van der Waals surface area (Å²) in [5.74, 6) is -1.64. The van der Waals surface area contributed by atoms with Crippen molar-refractivity contribution in [2.24, 2.45) is 5.73 Å². The molecule has 0 spiro atoms. The number of hydrogen-bond donors (Lipinski definition) is 2. The van der Waals surface area contributed by atoms with E-state index in [9.17, 15) is 14.7 Å². The van der Waals surface area contributed by atoms with E-state index < -0.39 is 17.4 Å². The molecule has 2 rings (SSSR count). The number of carbonyl (C=O) groups is 2. The Kier molecular flexibility index (Phi) is 3.55. The molecule has 21 heavy (non-hydrogen) atoms. The summed E-state index contributed by atoms with van der Waals surface area (Å²) in [7, 11) is 1.63. The smallest absolute Gasteiger partial charge is 0.328 e. The maximum absolute atomic E-state index is 11.7. The lowest BCUT2D eigenvalue weighted by Gasteiger charge is -2.35. The van der Waals surface area contributed by atoms with E-state index in [0.29, 0.717) is 16.6 Å². The summed E-state index contributed by atoms with van der Waals surface area (Å²) in [5.41, 5.74) is 5.55. The van der Waals surface area contributed by atoms with Crippen molar-refractivity contribution in [1.29, 1.82) is 0 Å². The molecule has 1 aromatic carbocycles. The first kappa shape index (κ1) is 14.8. The van der Waals surface area contributed by atoms with E-state index in [4.69, 9.17) is 5.73 Å². The van der Waals surface area contributed by atoms with Crippen LogP contribution < -0.4 is 10.6 Å². The fourth-order valence-electron chi connectivity index (χ4n) is 2.09. The number of pyridine rings is 1. The van der Waals surface area contributed by atoms with Crippen LogP contribution in [0.1, 0.15) is 24.2 Å². The number of rotatable bonds is 4. The van der Waals surface area contributed by atoms with Gasteiger partial charge in [-0.05, 0) is 19.9 Å². The van der Waals surface area contributed by atoms with Crippen molar-refractivity contribution in [3.63, 3.8) is 0 Å². The third-order valence-corrected chi connectivity index (χ3v) is 3.71. The highest BCUT2D eigenvalue weighted by molar-refractivity contribution is 6.07. The molecule has 6 heteroatoms. The molecule has 0 bridgehead atoms. The number of aromatic nitrogens is 1. The first-order chi connectivity index (χ1) is 9.76. The molecule has 0 unspecified atom stereocenters. The van der Waals surface area contributed by atoms with E-state index in [0.717, 1.165) is 0 Å². The van der Waals surface area contributed by atoms with Gasteiger partial charge >= 0.3 is 5.97 Å². The molecule has 0 fully saturated rings. The Morgan fingerprint density at radius 1 is 1.29 bits per heavy atom. The third-order valence-electron chi connectivity index (χ3n) is 3.71. The van der Waals surface area contributed by atoms with Crippen molar-refractivity contribution in [2.45, 2.75) is 19.4 Å². The van der Waals surface area contributed by atoms with Crippen LogP contribution in [-0.2, 0) is 4.79 Å². The van der Waals surface area contributed by atoms with Crippen LogP contribution in [0.25, 0.3) is 10.9 Å². The summed E-state index contributed by atoms with van der Waals surface area (Å²) >= 11 is 0. The van der Waals surface area contributed by atoms with E-state index in [1.807, 2.05) is 6.07 Å². The molecule has 1 heterocycles. The number of carbonyl (C=O) groups excluding carboxylic acids is 1. The van der Waals surface area contributed by atoms with Crippen LogP contribution in [0.3, 0.4) is 0 Å². The number of anilines is 1. The summed E-state index contributed by atoms with van der Waals surface area (Å²) in [5, 5.41) is 10.1. The molecular formula is C15H17N3O3. The summed E-state index contributed by atoms with van der Waals surface area (Å²) in [6.45, 7) is 3.13. The van der Waals surface area contributed by atoms with E-state index in [-0.39, 0.29) is 5.56 Å². The number of carboxylic acid groups (broad SMARTS) is 1. The molecule has 0 aliphatic carbocycles. The molecule has 0 aliphatic rings. The van der Waals surface area contributed by atoms with Gasteiger partial charge in [0, 0.05) is 18.6 Å². The first-order valence-electron chi connectivity index (χ1n) is 6.41. The number of amides is 1. The summed E-state index contributed by atoms with van der Waals surface area (Å²) in [6, 6.07) is 7.22. The van der Waals surface area contributed by atoms with E-state index >= 15 is 0 Å². The highest BCUT2D eigenvalue weighted by Gasteiger charge is 2.34. The molecule has 0 aliphatic heterocycles. The van der Waals surface area contributed by atoms with Crippen molar-refractivity contribution in [1.82, 2.24) is 4.98 Å². The van der Waals surface area contributed by atoms with Crippen LogP contribution in [0, 0.1) is 0 Å². The number of carboxylic acids is 1. The maximum atomic E-state index is 11.7. The standard InChI is InChI=1S/C15H17N3O3/c1-15(2,14(20)21)18(3)12-9-6-4-5-7-11(9)17-8-10(12)13(16)19/h4-8H,1-3H3,(H2,16,19)(H,20,21). The number of likely N-dealkylation sites (N-methyl/N-ethyl adjacent to an activating group) is 1. The van der Waals surface area contributed by atoms with Gasteiger partial charge in [-0.25, -0.2) is 4.79 Å². The Morgan fingerprint density at radius 3 is 2.48 bits per heavy atom. The second-order valence-electron chi connectivity index (χ2n) is 5.33. The van der Waals surface area contributed by atoms with Gasteiger partial charge in [0.15, 0.2) is 0 Å². The molecule has 0 radical (unpaired) electrons. The van der Waals surface area contributed by atoms with Crippen molar-refractivity contribution >= 4 is 28.5 Å². The average Bonchev–Trinajstić information content (AvgIpc) is 2.44. The highest BCUT2D eigenvalue weighted by Crippen LogP contribution is 2.32. The maximum Gasteiger partial charge on any atom is 0.328 e. The lowest BCUT2D eigenvalue weighted by atomic mass is 9.99. The Morgan fingerprint density at radius 2 is 1.90 bits per heavy atom. The van der Waals surface area contributed by atoms with E-state index in [1.165, 1.54) is 6.20 Å². The second-order valence-corrected chi connectivity index (χ2v) is 5.33. The molecule has 2 aromatic rings. The van der Waals surface area contributed by atoms with Crippen molar-refractivity contribution in [3.05, 3.63) is 36.0 Å². The fourth-order valence-corrected chi connectivity index (χ4v) is 2.09. The van der Waals surface area contributed by atoms with Crippen molar-refractivity contribution in [3.8, 4) is 0 Å². The van der Waals surface area contributed by atoms with Gasteiger partial charge in [-0.1, -0.05) is 18.2 Å². The molecule has 1 aromatic heterocycles. The van der Waals surface area contributed by atoms with Gasteiger partial charge in [0.1, 0.15) is 5.54 Å². The van der Waals surface area contributed by atoms with Crippen LogP contribution in [-0.4, -0.2) is 34.6 Å². The Hall–Kier alpha value is -2.63. The number of nitrogens with two attached hydrogens (primary N) is 1. The van der Waals surface area contributed by atoms with Gasteiger partial charge in [0.25, 0.3) is 5.91 Å². The van der Waals surface area contributed by atoms with E-state index in [1.54, 1.807) is 44.0 Å². The SMILES string of the molecule is CN(c1c(C(N)=O)cnc2ccccc12)C(C)(C)C(=O)O. The zero-order chi connectivity index (χ0) is 15.8. The van der Waals surface area contributed by atoms with Gasteiger partial charge in [-0.3, -0.25) is 9.78 Å². The number of aliphatic carboxylic acids is 1. The second kappa shape index (κ2) is 5.05. The number of benzene rings is 1. The Labute approximate surface area is 122 Å². The quantitative estimate of drug-likeness (QED) is 0.891. The van der Waals surface area contributed by atoms with Gasteiger partial charge in [-0.2, -0.15) is 0 Å². The lowest BCUT2D eigenvalue weighted by Crippen LogP contribution is -2.48. The minimum absolute atomic E-state index is 0.200. The monoisotopic (exact) mass is 287 g/mol. The lowest BCUT2D eigenvalue weighted by molar-refractivity contribution is -0.142. The van der Waals surface area contributed by atoms with Crippen LogP contribution in [0.2, 0.25) is 0 Å². The molecule has 6 nitrogen and oxygen atoms in total. The summed E-state index contributed by atoms with van der Waals surface area (Å²) in [6.07, 6.45) is 1.38. The Balaban J connectivity index is 2.79.